The van der Waals surface area contributed by atoms with Gasteiger partial charge in [0.15, 0.2) is 0 Å². The molecule has 1 aromatic heterocycles. The molecule has 1 amide bonds. The molecule has 3 rings (SSSR count). The van der Waals surface area contributed by atoms with Gasteiger partial charge in [0.25, 0.3) is 0 Å². The molecule has 1 saturated heterocycles. The van der Waals surface area contributed by atoms with Crippen molar-refractivity contribution >= 4 is 23.3 Å². The van der Waals surface area contributed by atoms with E-state index in [1.54, 1.807) is 6.92 Å². The van der Waals surface area contributed by atoms with Gasteiger partial charge in [-0.15, -0.1) is 11.6 Å². The molecule has 0 saturated carbocycles. The quantitative estimate of drug-likeness (QED) is 0.769. The van der Waals surface area contributed by atoms with E-state index in [9.17, 15) is 4.79 Å². The van der Waals surface area contributed by atoms with Crippen LogP contribution in [-0.4, -0.2) is 51.8 Å². The highest BCUT2D eigenvalue weighted by Crippen LogP contribution is 2.26. The van der Waals surface area contributed by atoms with E-state index in [1.807, 2.05) is 49.1 Å². The molecule has 0 aliphatic carbocycles. The Morgan fingerprint density at radius 2 is 2.08 bits per heavy atom. The second-order valence-electron chi connectivity index (χ2n) is 6.52. The molecule has 7 heteroatoms. The standard InChI is InChI=1S/C19H23ClN4O2/c1-13-6-4-5-7-16(13)26-18-10-17(21-12-22-18)23-8-9-24(14(2)11-23)19(25)15(3)20/h4-7,10,12,14-15H,8-9,11H2,1-3H3/t14-,15+/m0/s1. The average molecular weight is 375 g/mol. The van der Waals surface area contributed by atoms with Crippen LogP contribution in [0, 0.1) is 6.92 Å². The lowest BCUT2D eigenvalue weighted by Gasteiger charge is -2.40. The third-order valence-electron chi connectivity index (χ3n) is 4.51. The van der Waals surface area contributed by atoms with E-state index >= 15 is 0 Å². The van der Waals surface area contributed by atoms with Crippen molar-refractivity contribution in [2.24, 2.45) is 0 Å². The lowest BCUT2D eigenvalue weighted by Crippen LogP contribution is -2.55. The first-order valence-corrected chi connectivity index (χ1v) is 9.14. The maximum atomic E-state index is 12.2. The zero-order valence-corrected chi connectivity index (χ0v) is 16.0. The second kappa shape index (κ2) is 7.91. The zero-order chi connectivity index (χ0) is 18.7. The minimum atomic E-state index is -0.503. The van der Waals surface area contributed by atoms with Crippen LogP contribution >= 0.6 is 11.6 Å². The number of nitrogens with zero attached hydrogens (tertiary/aromatic N) is 4. The van der Waals surface area contributed by atoms with E-state index < -0.39 is 5.38 Å². The number of rotatable bonds is 4. The lowest BCUT2D eigenvalue weighted by atomic mass is 10.1. The van der Waals surface area contributed by atoms with Gasteiger partial charge in [0, 0.05) is 31.7 Å². The number of benzene rings is 1. The van der Waals surface area contributed by atoms with Crippen LogP contribution < -0.4 is 9.64 Å². The van der Waals surface area contributed by atoms with Gasteiger partial charge >= 0.3 is 0 Å². The Labute approximate surface area is 158 Å². The Morgan fingerprint density at radius 3 is 2.77 bits per heavy atom. The van der Waals surface area contributed by atoms with Crippen LogP contribution in [0.25, 0.3) is 0 Å². The summed E-state index contributed by atoms with van der Waals surface area (Å²) in [4.78, 5) is 24.7. The number of hydrogen-bond donors (Lipinski definition) is 0. The fourth-order valence-electron chi connectivity index (χ4n) is 3.06. The fraction of sp³-hybridized carbons (Fsp3) is 0.421. The van der Waals surface area contributed by atoms with E-state index in [0.717, 1.165) is 17.1 Å². The van der Waals surface area contributed by atoms with E-state index in [1.165, 1.54) is 6.33 Å². The summed E-state index contributed by atoms with van der Waals surface area (Å²) in [5, 5.41) is -0.503. The molecule has 0 spiro atoms. The van der Waals surface area contributed by atoms with E-state index in [4.69, 9.17) is 16.3 Å². The fourth-order valence-corrected chi connectivity index (χ4v) is 3.19. The number of ether oxygens (including phenoxy) is 1. The molecular weight excluding hydrogens is 352 g/mol. The number of aryl methyl sites for hydroxylation is 1. The van der Waals surface area contributed by atoms with Gasteiger partial charge in [0.05, 0.1) is 0 Å². The Balaban J connectivity index is 1.71. The normalized spacial score (nSPS) is 18.5. The molecule has 2 aromatic rings. The van der Waals surface area contributed by atoms with Crippen LogP contribution in [0.15, 0.2) is 36.7 Å². The summed E-state index contributed by atoms with van der Waals surface area (Å²) in [6.07, 6.45) is 1.51. The Kier molecular flexibility index (Phi) is 5.61. The van der Waals surface area contributed by atoms with Crippen LogP contribution in [0.1, 0.15) is 19.4 Å². The predicted molar refractivity (Wildman–Crippen MR) is 102 cm³/mol. The number of anilines is 1. The smallest absolute Gasteiger partial charge is 0.240 e. The number of carbonyl (C=O) groups is 1. The molecule has 0 N–H and O–H groups in total. The molecule has 0 bridgehead atoms. The number of carbonyl (C=O) groups excluding carboxylic acids is 1. The molecule has 1 aliphatic heterocycles. The first kappa shape index (κ1) is 18.5. The number of aromatic nitrogens is 2. The summed E-state index contributed by atoms with van der Waals surface area (Å²) in [7, 11) is 0. The lowest BCUT2D eigenvalue weighted by molar-refractivity contribution is -0.132. The molecule has 2 heterocycles. The van der Waals surface area contributed by atoms with Crippen molar-refractivity contribution in [2.75, 3.05) is 24.5 Å². The summed E-state index contributed by atoms with van der Waals surface area (Å²) >= 11 is 5.95. The molecule has 2 atom stereocenters. The van der Waals surface area contributed by atoms with Crippen molar-refractivity contribution in [2.45, 2.75) is 32.2 Å². The highest BCUT2D eigenvalue weighted by molar-refractivity contribution is 6.30. The Bertz CT molecular complexity index is 784. The number of amides is 1. The maximum absolute atomic E-state index is 12.2. The molecular formula is C19H23ClN4O2. The summed E-state index contributed by atoms with van der Waals surface area (Å²) in [6, 6.07) is 9.70. The highest BCUT2D eigenvalue weighted by Gasteiger charge is 2.30. The van der Waals surface area contributed by atoms with Gasteiger partial charge in [-0.2, -0.15) is 0 Å². The molecule has 0 unspecified atom stereocenters. The van der Waals surface area contributed by atoms with Gasteiger partial charge < -0.3 is 14.5 Å². The topological polar surface area (TPSA) is 58.6 Å². The number of hydrogen-bond acceptors (Lipinski definition) is 5. The monoisotopic (exact) mass is 374 g/mol. The summed E-state index contributed by atoms with van der Waals surface area (Å²) in [5.74, 6) is 2.05. The van der Waals surface area contributed by atoms with Crippen LogP contribution in [0.5, 0.6) is 11.6 Å². The van der Waals surface area contributed by atoms with Crippen molar-refractivity contribution in [3.8, 4) is 11.6 Å². The third kappa shape index (κ3) is 4.07. The van der Waals surface area contributed by atoms with Gasteiger partial charge in [-0.05, 0) is 32.4 Å². The largest absolute Gasteiger partial charge is 0.439 e. The predicted octanol–water partition coefficient (Wildman–Crippen LogP) is 3.24. The van der Waals surface area contributed by atoms with Gasteiger partial charge in [-0.3, -0.25) is 4.79 Å². The first-order valence-electron chi connectivity index (χ1n) is 8.70. The number of piperazine rings is 1. The molecule has 1 aromatic carbocycles. The van der Waals surface area contributed by atoms with Crippen molar-refractivity contribution in [1.29, 1.82) is 0 Å². The minimum absolute atomic E-state index is 0.0231. The molecule has 6 nitrogen and oxygen atoms in total. The number of para-hydroxylation sites is 1. The summed E-state index contributed by atoms with van der Waals surface area (Å²) < 4.78 is 5.90. The average Bonchev–Trinajstić information content (AvgIpc) is 2.63. The van der Waals surface area contributed by atoms with Gasteiger partial charge in [0.1, 0.15) is 23.3 Å². The van der Waals surface area contributed by atoms with Crippen LogP contribution in [0.3, 0.4) is 0 Å². The van der Waals surface area contributed by atoms with E-state index in [0.29, 0.717) is 25.5 Å². The summed E-state index contributed by atoms with van der Waals surface area (Å²) in [5.41, 5.74) is 1.05. The molecule has 138 valence electrons. The van der Waals surface area contributed by atoms with E-state index in [2.05, 4.69) is 14.9 Å². The molecule has 1 fully saturated rings. The molecule has 0 radical (unpaired) electrons. The molecule has 26 heavy (non-hydrogen) atoms. The van der Waals surface area contributed by atoms with Crippen LogP contribution in [0.4, 0.5) is 5.82 Å². The van der Waals surface area contributed by atoms with Crippen molar-refractivity contribution in [3.63, 3.8) is 0 Å². The Hall–Kier alpha value is -2.34. The van der Waals surface area contributed by atoms with Gasteiger partial charge in [0.2, 0.25) is 11.8 Å². The van der Waals surface area contributed by atoms with Gasteiger partial charge in [-0.25, -0.2) is 9.97 Å². The first-order chi connectivity index (χ1) is 12.5. The zero-order valence-electron chi connectivity index (χ0n) is 15.2. The number of halogens is 1. The summed E-state index contributed by atoms with van der Waals surface area (Å²) in [6.45, 7) is 7.73. The highest BCUT2D eigenvalue weighted by atomic mass is 35.5. The van der Waals surface area contributed by atoms with Crippen molar-refractivity contribution in [1.82, 2.24) is 14.9 Å². The number of alkyl halides is 1. The van der Waals surface area contributed by atoms with Crippen LogP contribution in [-0.2, 0) is 4.79 Å². The van der Waals surface area contributed by atoms with Crippen molar-refractivity contribution < 1.29 is 9.53 Å². The maximum Gasteiger partial charge on any atom is 0.240 e. The minimum Gasteiger partial charge on any atom is -0.439 e. The van der Waals surface area contributed by atoms with Crippen LogP contribution in [0.2, 0.25) is 0 Å². The molecule has 1 aliphatic rings. The van der Waals surface area contributed by atoms with E-state index in [-0.39, 0.29) is 11.9 Å². The Morgan fingerprint density at radius 1 is 1.31 bits per heavy atom. The third-order valence-corrected chi connectivity index (χ3v) is 4.70. The van der Waals surface area contributed by atoms with Gasteiger partial charge in [-0.1, -0.05) is 18.2 Å². The second-order valence-corrected chi connectivity index (χ2v) is 7.18. The van der Waals surface area contributed by atoms with Crippen molar-refractivity contribution in [3.05, 3.63) is 42.2 Å². The SMILES string of the molecule is Cc1ccccc1Oc1cc(N2CCN(C(=O)[C@@H](C)Cl)[C@@H](C)C2)ncn1.